The van der Waals surface area contributed by atoms with Gasteiger partial charge in [0, 0.05) is 25.2 Å². The minimum Gasteiger partial charge on any atom is -0.342 e. The Morgan fingerprint density at radius 1 is 1.40 bits per heavy atom. The SMILES string of the molecule is CC1CCN(C(=O)CSc2ncccc2-c2noc(C(C)C)n2)CC1. The molecule has 0 bridgehead atoms. The summed E-state index contributed by atoms with van der Waals surface area (Å²) >= 11 is 1.44. The van der Waals surface area contributed by atoms with Gasteiger partial charge in [-0.3, -0.25) is 4.79 Å². The summed E-state index contributed by atoms with van der Waals surface area (Å²) in [6.45, 7) is 7.98. The average Bonchev–Trinajstić information content (AvgIpc) is 3.11. The van der Waals surface area contributed by atoms with Crippen LogP contribution in [0.25, 0.3) is 11.4 Å². The van der Waals surface area contributed by atoms with Crippen molar-refractivity contribution in [3.63, 3.8) is 0 Å². The van der Waals surface area contributed by atoms with Crippen LogP contribution < -0.4 is 0 Å². The molecule has 0 N–H and O–H groups in total. The minimum absolute atomic E-state index is 0.171. The van der Waals surface area contributed by atoms with Crippen LogP contribution in [0.3, 0.4) is 0 Å². The lowest BCUT2D eigenvalue weighted by atomic mass is 9.99. The second-order valence-electron chi connectivity index (χ2n) is 6.82. The fourth-order valence-corrected chi connectivity index (χ4v) is 3.63. The van der Waals surface area contributed by atoms with Gasteiger partial charge in [-0.1, -0.05) is 37.7 Å². The maximum atomic E-state index is 12.4. The Kier molecular flexibility index (Phi) is 5.73. The molecule has 1 aliphatic rings. The summed E-state index contributed by atoms with van der Waals surface area (Å²) in [5.41, 5.74) is 0.809. The van der Waals surface area contributed by atoms with Gasteiger partial charge in [0.2, 0.25) is 17.6 Å². The van der Waals surface area contributed by atoms with Crippen molar-refractivity contribution >= 4 is 17.7 Å². The lowest BCUT2D eigenvalue weighted by Gasteiger charge is -2.30. The quantitative estimate of drug-likeness (QED) is 0.759. The molecule has 1 fully saturated rings. The second kappa shape index (κ2) is 7.99. The summed E-state index contributed by atoms with van der Waals surface area (Å²) < 4.78 is 5.29. The Morgan fingerprint density at radius 3 is 2.84 bits per heavy atom. The highest BCUT2D eigenvalue weighted by Gasteiger charge is 2.21. The zero-order valence-electron chi connectivity index (χ0n) is 14.9. The molecule has 0 radical (unpaired) electrons. The van der Waals surface area contributed by atoms with Crippen molar-refractivity contribution in [1.29, 1.82) is 0 Å². The number of likely N-dealkylation sites (tertiary alicyclic amines) is 1. The second-order valence-corrected chi connectivity index (χ2v) is 7.78. The first kappa shape index (κ1) is 17.9. The molecule has 2 aromatic heterocycles. The van der Waals surface area contributed by atoms with Crippen molar-refractivity contribution in [2.75, 3.05) is 18.8 Å². The van der Waals surface area contributed by atoms with Crippen LogP contribution in [0.15, 0.2) is 27.9 Å². The van der Waals surface area contributed by atoms with Crippen LogP contribution in [0, 0.1) is 5.92 Å². The lowest BCUT2D eigenvalue weighted by molar-refractivity contribution is -0.129. The first-order valence-electron chi connectivity index (χ1n) is 8.74. The van der Waals surface area contributed by atoms with Crippen LogP contribution in [0.2, 0.25) is 0 Å². The van der Waals surface area contributed by atoms with Crippen molar-refractivity contribution in [1.82, 2.24) is 20.0 Å². The predicted molar refractivity (Wildman–Crippen MR) is 97.3 cm³/mol. The monoisotopic (exact) mass is 360 g/mol. The Hall–Kier alpha value is -1.89. The molecule has 134 valence electrons. The van der Waals surface area contributed by atoms with Crippen LogP contribution in [-0.4, -0.2) is 44.8 Å². The third-order valence-electron chi connectivity index (χ3n) is 4.42. The highest BCUT2D eigenvalue weighted by molar-refractivity contribution is 8.00. The van der Waals surface area contributed by atoms with E-state index in [0.717, 1.165) is 36.5 Å². The molecule has 0 atom stereocenters. The molecule has 3 heterocycles. The molecule has 7 heteroatoms. The van der Waals surface area contributed by atoms with Gasteiger partial charge in [0.1, 0.15) is 5.03 Å². The highest BCUT2D eigenvalue weighted by atomic mass is 32.2. The van der Waals surface area contributed by atoms with Gasteiger partial charge in [-0.25, -0.2) is 4.98 Å². The maximum absolute atomic E-state index is 12.4. The normalized spacial score (nSPS) is 15.8. The molecular weight excluding hydrogens is 336 g/mol. The van der Waals surface area contributed by atoms with E-state index in [1.54, 1.807) is 6.20 Å². The van der Waals surface area contributed by atoms with Gasteiger partial charge in [0.25, 0.3) is 0 Å². The molecule has 1 aliphatic heterocycles. The first-order chi connectivity index (χ1) is 12.0. The standard InChI is InChI=1S/C18H24N4O2S/c1-12(2)17-20-16(21-24-17)14-5-4-8-19-18(14)25-11-15(23)22-9-6-13(3)7-10-22/h4-5,8,12-13H,6-7,9-11H2,1-3H3. The van der Waals surface area contributed by atoms with Crippen LogP contribution >= 0.6 is 11.8 Å². The molecule has 0 aliphatic carbocycles. The van der Waals surface area contributed by atoms with E-state index in [9.17, 15) is 4.79 Å². The van der Waals surface area contributed by atoms with Gasteiger partial charge in [-0.15, -0.1) is 0 Å². The van der Waals surface area contributed by atoms with E-state index in [0.29, 0.717) is 23.4 Å². The molecule has 1 amide bonds. The fraction of sp³-hybridized carbons (Fsp3) is 0.556. The predicted octanol–water partition coefficient (Wildman–Crippen LogP) is 3.61. The Labute approximate surface area is 152 Å². The summed E-state index contributed by atoms with van der Waals surface area (Å²) in [6.07, 6.45) is 3.90. The van der Waals surface area contributed by atoms with Crippen LogP contribution in [-0.2, 0) is 4.79 Å². The molecule has 1 saturated heterocycles. The van der Waals surface area contributed by atoms with Gasteiger partial charge in [0.15, 0.2) is 0 Å². The van der Waals surface area contributed by atoms with E-state index in [1.165, 1.54) is 11.8 Å². The summed E-state index contributed by atoms with van der Waals surface area (Å²) in [4.78, 5) is 23.3. The number of hydrogen-bond donors (Lipinski definition) is 0. The average molecular weight is 360 g/mol. The minimum atomic E-state index is 0.171. The number of carbonyl (C=O) groups excluding carboxylic acids is 1. The number of amides is 1. The van der Waals surface area contributed by atoms with Crippen LogP contribution in [0.4, 0.5) is 0 Å². The van der Waals surface area contributed by atoms with Gasteiger partial charge >= 0.3 is 0 Å². The number of pyridine rings is 1. The van der Waals surface area contributed by atoms with Crippen LogP contribution in [0.5, 0.6) is 0 Å². The van der Waals surface area contributed by atoms with E-state index in [-0.39, 0.29) is 11.8 Å². The Morgan fingerprint density at radius 2 is 2.16 bits per heavy atom. The van der Waals surface area contributed by atoms with Gasteiger partial charge in [0.05, 0.1) is 11.3 Å². The summed E-state index contributed by atoms with van der Waals surface area (Å²) in [6, 6.07) is 3.76. The smallest absolute Gasteiger partial charge is 0.232 e. The molecular formula is C18H24N4O2S. The van der Waals surface area contributed by atoms with Crippen molar-refractivity contribution in [3.8, 4) is 11.4 Å². The third-order valence-corrected chi connectivity index (χ3v) is 5.41. The molecule has 0 saturated carbocycles. The van der Waals surface area contributed by atoms with Gasteiger partial charge in [-0.2, -0.15) is 4.98 Å². The van der Waals surface area contributed by atoms with E-state index >= 15 is 0 Å². The Balaban J connectivity index is 1.67. The molecule has 0 spiro atoms. The summed E-state index contributed by atoms with van der Waals surface area (Å²) in [5, 5.41) is 4.82. The first-order valence-corrected chi connectivity index (χ1v) is 9.72. The van der Waals surface area contributed by atoms with Gasteiger partial charge in [-0.05, 0) is 30.9 Å². The molecule has 0 unspecified atom stereocenters. The van der Waals surface area contributed by atoms with E-state index in [2.05, 4.69) is 22.0 Å². The van der Waals surface area contributed by atoms with Crippen molar-refractivity contribution in [2.45, 2.75) is 44.6 Å². The number of thioether (sulfide) groups is 1. The number of aromatic nitrogens is 3. The van der Waals surface area contributed by atoms with Gasteiger partial charge < -0.3 is 9.42 Å². The fourth-order valence-electron chi connectivity index (χ4n) is 2.73. The molecule has 2 aromatic rings. The summed E-state index contributed by atoms with van der Waals surface area (Å²) in [5.74, 6) is 2.58. The highest BCUT2D eigenvalue weighted by Crippen LogP contribution is 2.29. The Bertz CT molecular complexity index is 723. The zero-order valence-corrected chi connectivity index (χ0v) is 15.8. The zero-order chi connectivity index (χ0) is 17.8. The molecule has 0 aromatic carbocycles. The van der Waals surface area contributed by atoms with E-state index in [4.69, 9.17) is 4.52 Å². The van der Waals surface area contributed by atoms with Crippen LogP contribution in [0.1, 0.15) is 45.4 Å². The van der Waals surface area contributed by atoms with Crippen molar-refractivity contribution in [3.05, 3.63) is 24.2 Å². The number of piperidine rings is 1. The maximum Gasteiger partial charge on any atom is 0.232 e. The van der Waals surface area contributed by atoms with E-state index < -0.39 is 0 Å². The van der Waals surface area contributed by atoms with Crippen molar-refractivity contribution in [2.24, 2.45) is 5.92 Å². The molecule has 3 rings (SSSR count). The number of hydrogen-bond acceptors (Lipinski definition) is 6. The van der Waals surface area contributed by atoms with Crippen molar-refractivity contribution < 1.29 is 9.32 Å². The van der Waals surface area contributed by atoms with E-state index in [1.807, 2.05) is 30.9 Å². The molecule has 25 heavy (non-hydrogen) atoms. The number of carbonyl (C=O) groups is 1. The lowest BCUT2D eigenvalue weighted by Crippen LogP contribution is -2.38. The largest absolute Gasteiger partial charge is 0.342 e. The number of rotatable bonds is 5. The molecule has 6 nitrogen and oxygen atoms in total. The summed E-state index contributed by atoms with van der Waals surface area (Å²) in [7, 11) is 0. The topological polar surface area (TPSA) is 72.1 Å². The third kappa shape index (κ3) is 4.39. The number of nitrogens with zero attached hydrogens (tertiary/aromatic N) is 4.